The van der Waals surface area contributed by atoms with E-state index in [0.717, 1.165) is 5.56 Å². The summed E-state index contributed by atoms with van der Waals surface area (Å²) in [4.78, 5) is 24.0. The van der Waals surface area contributed by atoms with E-state index in [2.05, 4.69) is 5.32 Å². The number of hydrogen-bond acceptors (Lipinski definition) is 4. The Morgan fingerprint density at radius 1 is 1.38 bits per heavy atom. The first-order valence-electron chi connectivity index (χ1n) is 6.62. The lowest BCUT2D eigenvalue weighted by atomic mass is 10.1. The highest BCUT2D eigenvalue weighted by atomic mass is 16.4. The molecule has 0 spiro atoms. The third-order valence-electron chi connectivity index (χ3n) is 3.02. The number of aliphatic hydroxyl groups is 1. The molecule has 0 heterocycles. The molecular weight excluding hydrogens is 276 g/mol. The van der Waals surface area contributed by atoms with Gasteiger partial charge in [0.25, 0.3) is 0 Å². The first kappa shape index (κ1) is 16.8. The van der Waals surface area contributed by atoms with E-state index in [1.165, 1.54) is 17.0 Å². The summed E-state index contributed by atoms with van der Waals surface area (Å²) in [5, 5.41) is 29.7. The number of nitrogens with zero attached hydrogens (tertiary/aromatic N) is 1. The average molecular weight is 296 g/mol. The number of hydrogen-bond donors (Lipinski definition) is 4. The Labute approximate surface area is 122 Å². The Kier molecular flexibility index (Phi) is 5.98. The Bertz CT molecular complexity index is 518. The number of benzene rings is 1. The maximum absolute atomic E-state index is 12.1. The second-order valence-corrected chi connectivity index (χ2v) is 4.59. The largest absolute Gasteiger partial charge is 0.508 e. The summed E-state index contributed by atoms with van der Waals surface area (Å²) in [5.74, 6) is -1.26. The second-order valence-electron chi connectivity index (χ2n) is 4.59. The quantitative estimate of drug-likeness (QED) is 0.627. The number of aliphatic hydroxyl groups excluding tert-OH is 1. The van der Waals surface area contributed by atoms with E-state index < -0.39 is 18.1 Å². The summed E-state index contributed by atoms with van der Waals surface area (Å²) >= 11 is 0. The molecule has 4 N–H and O–H groups in total. The third-order valence-corrected chi connectivity index (χ3v) is 3.02. The number of carboxylic acid groups (broad SMARTS) is 1. The van der Waals surface area contributed by atoms with Crippen molar-refractivity contribution in [3.63, 3.8) is 0 Å². The summed E-state index contributed by atoms with van der Waals surface area (Å²) in [6.07, 6.45) is -1.57. The van der Waals surface area contributed by atoms with Crippen LogP contribution >= 0.6 is 0 Å². The van der Waals surface area contributed by atoms with Crippen LogP contribution in [0.25, 0.3) is 0 Å². The zero-order chi connectivity index (χ0) is 16.0. The van der Waals surface area contributed by atoms with Crippen LogP contribution in [0, 0.1) is 6.92 Å². The number of carbonyl (C=O) groups is 2. The highest BCUT2D eigenvalue weighted by Gasteiger charge is 2.18. The fourth-order valence-electron chi connectivity index (χ4n) is 1.85. The molecule has 0 fully saturated rings. The van der Waals surface area contributed by atoms with Gasteiger partial charge in [0, 0.05) is 25.6 Å². The van der Waals surface area contributed by atoms with E-state index in [-0.39, 0.29) is 18.7 Å². The molecular formula is C14H20N2O5. The molecule has 116 valence electrons. The highest BCUT2D eigenvalue weighted by molar-refractivity contribution is 5.93. The van der Waals surface area contributed by atoms with Crippen molar-refractivity contribution in [2.75, 3.05) is 18.0 Å². The molecule has 0 radical (unpaired) electrons. The number of amides is 2. The lowest BCUT2D eigenvalue weighted by Crippen LogP contribution is -2.41. The van der Waals surface area contributed by atoms with Crippen LogP contribution in [0.4, 0.5) is 10.5 Å². The Morgan fingerprint density at radius 2 is 2.05 bits per heavy atom. The smallest absolute Gasteiger partial charge is 0.332 e. The van der Waals surface area contributed by atoms with Gasteiger partial charge in [0.2, 0.25) is 0 Å². The molecule has 0 unspecified atom stereocenters. The van der Waals surface area contributed by atoms with Gasteiger partial charge < -0.3 is 20.6 Å². The molecule has 0 bridgehead atoms. The fourth-order valence-corrected chi connectivity index (χ4v) is 1.85. The van der Waals surface area contributed by atoms with Crippen molar-refractivity contribution in [1.82, 2.24) is 5.32 Å². The van der Waals surface area contributed by atoms with Gasteiger partial charge >= 0.3 is 12.0 Å². The number of aryl methyl sites for hydroxylation is 1. The number of anilines is 1. The summed E-state index contributed by atoms with van der Waals surface area (Å²) in [6.45, 7) is 4.03. The van der Waals surface area contributed by atoms with E-state index in [0.29, 0.717) is 12.2 Å². The fraction of sp³-hybridized carbons (Fsp3) is 0.429. The third kappa shape index (κ3) is 4.64. The number of nitrogens with one attached hydrogen (secondary N) is 1. The topological polar surface area (TPSA) is 110 Å². The van der Waals surface area contributed by atoms with Crippen LogP contribution in [0.5, 0.6) is 5.75 Å². The second kappa shape index (κ2) is 7.49. The lowest BCUT2D eigenvalue weighted by Gasteiger charge is -2.23. The number of aliphatic carboxylic acids is 1. The van der Waals surface area contributed by atoms with Gasteiger partial charge in [0.1, 0.15) is 5.75 Å². The number of phenolic OH excluding ortho intramolecular Hbond substituents is 1. The van der Waals surface area contributed by atoms with E-state index in [9.17, 15) is 14.7 Å². The minimum atomic E-state index is -1.50. The normalized spacial score (nSPS) is 11.8. The van der Waals surface area contributed by atoms with E-state index >= 15 is 0 Å². The van der Waals surface area contributed by atoms with Gasteiger partial charge in [-0.1, -0.05) is 6.07 Å². The van der Waals surface area contributed by atoms with E-state index in [1.807, 2.05) is 6.92 Å². The van der Waals surface area contributed by atoms with Gasteiger partial charge in [-0.25, -0.2) is 9.59 Å². The van der Waals surface area contributed by atoms with Crippen LogP contribution < -0.4 is 10.2 Å². The summed E-state index contributed by atoms with van der Waals surface area (Å²) in [5.41, 5.74) is 1.41. The van der Waals surface area contributed by atoms with Crippen LogP contribution in [0.3, 0.4) is 0 Å². The molecule has 0 aliphatic rings. The van der Waals surface area contributed by atoms with Gasteiger partial charge in [-0.15, -0.1) is 0 Å². The molecule has 21 heavy (non-hydrogen) atoms. The van der Waals surface area contributed by atoms with Crippen molar-refractivity contribution in [3.05, 3.63) is 23.8 Å². The SMILES string of the molecule is CCN(C(=O)NCC[C@H](O)C(=O)O)c1cc(O)ccc1C. The Balaban J connectivity index is 2.69. The molecule has 0 saturated carbocycles. The standard InChI is InChI=1S/C14H20N2O5/c1-3-16(11-8-10(17)5-4-9(11)2)14(21)15-7-6-12(18)13(19)20/h4-5,8,12,17-18H,3,6-7H2,1-2H3,(H,15,21)(H,19,20)/t12-/m0/s1. The average Bonchev–Trinajstić information content (AvgIpc) is 2.43. The monoisotopic (exact) mass is 296 g/mol. The molecule has 1 aromatic rings. The van der Waals surface area contributed by atoms with Crippen LogP contribution in [0.1, 0.15) is 18.9 Å². The molecule has 0 aliphatic heterocycles. The maximum atomic E-state index is 12.1. The van der Waals surface area contributed by atoms with Gasteiger partial charge in [-0.2, -0.15) is 0 Å². The number of carboxylic acids is 1. The Hall–Kier alpha value is -2.28. The van der Waals surface area contributed by atoms with Gasteiger partial charge in [-0.3, -0.25) is 4.90 Å². The molecule has 2 amide bonds. The molecule has 7 nitrogen and oxygen atoms in total. The number of urea groups is 1. The highest BCUT2D eigenvalue weighted by Crippen LogP contribution is 2.24. The van der Waals surface area contributed by atoms with E-state index in [4.69, 9.17) is 10.2 Å². The number of phenols is 1. The Morgan fingerprint density at radius 3 is 2.62 bits per heavy atom. The predicted octanol–water partition coefficient (Wildman–Crippen LogP) is 1.07. The van der Waals surface area contributed by atoms with Crippen LogP contribution in [0.15, 0.2) is 18.2 Å². The first-order valence-corrected chi connectivity index (χ1v) is 6.62. The number of aromatic hydroxyl groups is 1. The zero-order valence-electron chi connectivity index (χ0n) is 12.0. The summed E-state index contributed by atoms with van der Waals surface area (Å²) in [6, 6.07) is 4.32. The number of carbonyl (C=O) groups excluding carboxylic acids is 1. The van der Waals surface area contributed by atoms with Crippen molar-refractivity contribution < 1.29 is 24.9 Å². The van der Waals surface area contributed by atoms with Crippen molar-refractivity contribution in [2.24, 2.45) is 0 Å². The van der Waals surface area contributed by atoms with E-state index in [1.54, 1.807) is 13.0 Å². The molecule has 1 rings (SSSR count). The van der Waals surface area contributed by atoms with Crippen LogP contribution in [-0.4, -0.2) is 46.5 Å². The molecule has 0 aliphatic carbocycles. The molecule has 7 heteroatoms. The molecule has 0 aromatic heterocycles. The lowest BCUT2D eigenvalue weighted by molar-refractivity contribution is -0.146. The number of rotatable bonds is 6. The van der Waals surface area contributed by atoms with Crippen molar-refractivity contribution in [3.8, 4) is 5.75 Å². The van der Waals surface area contributed by atoms with Crippen molar-refractivity contribution >= 4 is 17.7 Å². The summed E-state index contributed by atoms with van der Waals surface area (Å²) in [7, 11) is 0. The van der Waals surface area contributed by atoms with Gasteiger partial charge in [0.15, 0.2) is 6.10 Å². The maximum Gasteiger partial charge on any atom is 0.332 e. The molecule has 1 aromatic carbocycles. The van der Waals surface area contributed by atoms with Crippen LogP contribution in [0.2, 0.25) is 0 Å². The van der Waals surface area contributed by atoms with Gasteiger partial charge in [-0.05, 0) is 25.5 Å². The van der Waals surface area contributed by atoms with Gasteiger partial charge in [0.05, 0.1) is 5.69 Å². The van der Waals surface area contributed by atoms with Crippen LogP contribution in [-0.2, 0) is 4.79 Å². The summed E-state index contributed by atoms with van der Waals surface area (Å²) < 4.78 is 0. The molecule has 1 atom stereocenters. The van der Waals surface area contributed by atoms with Crippen molar-refractivity contribution in [2.45, 2.75) is 26.4 Å². The minimum absolute atomic E-state index is 0.0423. The predicted molar refractivity (Wildman–Crippen MR) is 77.5 cm³/mol. The minimum Gasteiger partial charge on any atom is -0.508 e. The molecule has 0 saturated heterocycles. The first-order chi connectivity index (χ1) is 9.86. The zero-order valence-corrected chi connectivity index (χ0v) is 12.0. The van der Waals surface area contributed by atoms with Crippen molar-refractivity contribution in [1.29, 1.82) is 0 Å².